The maximum atomic E-state index is 10.6. The normalized spacial score (nSPS) is 11.9. The van der Waals surface area contributed by atoms with Gasteiger partial charge in [0.2, 0.25) is 3.67 Å². The van der Waals surface area contributed by atoms with Crippen LogP contribution in [0.2, 0.25) is 0 Å². The maximum absolute atomic E-state index is 10.6. The van der Waals surface area contributed by atoms with Crippen molar-refractivity contribution >= 4 is 33.3 Å². The standard InChI is InChI=1S/C7H6Cl2O3S.Na/c8-7(9,13(10,11)12)6-4-2-1-3-5-6;/h1-5H,(H,10,11,12);/q;+1/p-1. The van der Waals surface area contributed by atoms with E-state index in [-0.39, 0.29) is 35.1 Å². The van der Waals surface area contributed by atoms with E-state index in [1.807, 2.05) is 0 Å². The first-order valence-electron chi connectivity index (χ1n) is 3.24. The minimum absolute atomic E-state index is 0. The molecule has 0 aromatic heterocycles. The zero-order chi connectivity index (χ0) is 10.1. The summed E-state index contributed by atoms with van der Waals surface area (Å²) in [6, 6.07) is 7.48. The van der Waals surface area contributed by atoms with E-state index in [0.717, 1.165) is 0 Å². The fraction of sp³-hybridized carbons (Fsp3) is 0.143. The molecule has 0 saturated carbocycles. The molecule has 0 N–H and O–H groups in total. The van der Waals surface area contributed by atoms with Crippen molar-refractivity contribution in [3.05, 3.63) is 35.9 Å². The predicted octanol–water partition coefficient (Wildman–Crippen LogP) is -1.18. The van der Waals surface area contributed by atoms with E-state index in [9.17, 15) is 13.0 Å². The van der Waals surface area contributed by atoms with Gasteiger partial charge in [-0.2, -0.15) is 0 Å². The van der Waals surface area contributed by atoms with Gasteiger partial charge in [0.1, 0.15) is 10.1 Å². The van der Waals surface area contributed by atoms with Gasteiger partial charge in [0.25, 0.3) is 0 Å². The van der Waals surface area contributed by atoms with E-state index in [2.05, 4.69) is 0 Å². The molecule has 0 atom stereocenters. The Labute approximate surface area is 114 Å². The molecule has 1 aromatic carbocycles. The van der Waals surface area contributed by atoms with E-state index >= 15 is 0 Å². The molecule has 0 unspecified atom stereocenters. The second-order valence-corrected chi connectivity index (χ2v) is 5.63. The van der Waals surface area contributed by atoms with Crippen molar-refractivity contribution in [1.29, 1.82) is 0 Å². The molecule has 0 fully saturated rings. The summed E-state index contributed by atoms with van der Waals surface area (Å²) in [6.45, 7) is 0. The summed E-state index contributed by atoms with van der Waals surface area (Å²) in [6.07, 6.45) is 0. The zero-order valence-electron chi connectivity index (χ0n) is 7.28. The van der Waals surface area contributed by atoms with Crippen LogP contribution in [0.5, 0.6) is 0 Å². The zero-order valence-corrected chi connectivity index (χ0v) is 11.6. The Bertz CT molecular complexity index is 391. The number of halogens is 2. The third-order valence-corrected chi connectivity index (χ3v) is 3.86. The van der Waals surface area contributed by atoms with Crippen LogP contribution in [0.25, 0.3) is 0 Å². The summed E-state index contributed by atoms with van der Waals surface area (Å²) >= 11 is 10.8. The van der Waals surface area contributed by atoms with E-state index in [1.165, 1.54) is 12.1 Å². The molecule has 72 valence electrons. The summed E-state index contributed by atoms with van der Waals surface area (Å²) in [5, 5.41) is 0. The van der Waals surface area contributed by atoms with E-state index in [0.29, 0.717) is 0 Å². The molecule has 14 heavy (non-hydrogen) atoms. The van der Waals surface area contributed by atoms with Crippen LogP contribution < -0.4 is 29.6 Å². The first-order chi connectivity index (χ1) is 5.86. The van der Waals surface area contributed by atoms with Crippen LogP contribution in [0.1, 0.15) is 5.56 Å². The van der Waals surface area contributed by atoms with Crippen LogP contribution in [0.15, 0.2) is 30.3 Å². The Kier molecular flexibility index (Phi) is 5.43. The molecule has 0 radical (unpaired) electrons. The minimum Gasteiger partial charge on any atom is -0.745 e. The number of rotatable bonds is 2. The summed E-state index contributed by atoms with van der Waals surface area (Å²) in [7, 11) is -4.77. The van der Waals surface area contributed by atoms with Gasteiger partial charge in [-0.15, -0.1) is 0 Å². The molecule has 0 amide bonds. The Morgan fingerprint density at radius 2 is 1.57 bits per heavy atom. The minimum atomic E-state index is -4.77. The van der Waals surface area contributed by atoms with Crippen molar-refractivity contribution in [2.75, 3.05) is 0 Å². The van der Waals surface area contributed by atoms with Gasteiger partial charge in [0.05, 0.1) is 0 Å². The van der Waals surface area contributed by atoms with Crippen molar-refractivity contribution in [3.63, 3.8) is 0 Å². The van der Waals surface area contributed by atoms with Gasteiger partial charge in [-0.3, -0.25) is 0 Å². The molecule has 3 nitrogen and oxygen atoms in total. The molecule has 0 bridgehead atoms. The average Bonchev–Trinajstić information content (AvgIpc) is 2.04. The number of benzene rings is 1. The van der Waals surface area contributed by atoms with Crippen molar-refractivity contribution < 1.29 is 42.5 Å². The maximum Gasteiger partial charge on any atom is 1.00 e. The Morgan fingerprint density at radius 1 is 1.14 bits per heavy atom. The molecule has 0 aliphatic heterocycles. The quantitative estimate of drug-likeness (QED) is 0.383. The van der Waals surface area contributed by atoms with Crippen molar-refractivity contribution in [3.8, 4) is 0 Å². The van der Waals surface area contributed by atoms with Gasteiger partial charge in [-0.1, -0.05) is 53.5 Å². The van der Waals surface area contributed by atoms with Gasteiger partial charge < -0.3 is 4.55 Å². The third-order valence-electron chi connectivity index (χ3n) is 1.42. The summed E-state index contributed by atoms with van der Waals surface area (Å²) in [5.74, 6) is 0. The van der Waals surface area contributed by atoms with Gasteiger partial charge in [-0.05, 0) is 0 Å². The van der Waals surface area contributed by atoms with Crippen LogP contribution in [-0.4, -0.2) is 13.0 Å². The molecule has 1 rings (SSSR count). The van der Waals surface area contributed by atoms with Crippen LogP contribution in [-0.2, 0) is 13.8 Å². The second kappa shape index (κ2) is 5.16. The van der Waals surface area contributed by atoms with Crippen LogP contribution >= 0.6 is 23.2 Å². The molecule has 0 aliphatic carbocycles. The van der Waals surface area contributed by atoms with Crippen LogP contribution in [0, 0.1) is 0 Å². The van der Waals surface area contributed by atoms with Crippen molar-refractivity contribution in [1.82, 2.24) is 0 Å². The number of hydrogen-bond acceptors (Lipinski definition) is 3. The Morgan fingerprint density at radius 3 is 1.93 bits per heavy atom. The molecular formula is C7H5Cl2NaO3S. The summed E-state index contributed by atoms with van der Waals surface area (Å²) in [5.41, 5.74) is 0.0494. The van der Waals surface area contributed by atoms with Crippen molar-refractivity contribution in [2.24, 2.45) is 0 Å². The average molecular weight is 263 g/mol. The fourth-order valence-electron chi connectivity index (χ4n) is 0.777. The van der Waals surface area contributed by atoms with Gasteiger partial charge in [0.15, 0.2) is 0 Å². The van der Waals surface area contributed by atoms with Gasteiger partial charge in [0, 0.05) is 5.56 Å². The second-order valence-electron chi connectivity index (χ2n) is 2.34. The fourth-order valence-corrected chi connectivity index (χ4v) is 1.45. The third kappa shape index (κ3) is 3.10. The van der Waals surface area contributed by atoms with Gasteiger partial charge >= 0.3 is 29.6 Å². The Hall–Kier alpha value is 0.710. The van der Waals surface area contributed by atoms with Crippen molar-refractivity contribution in [2.45, 2.75) is 3.67 Å². The smallest absolute Gasteiger partial charge is 0.745 e. The molecule has 0 saturated heterocycles. The first-order valence-corrected chi connectivity index (χ1v) is 5.41. The summed E-state index contributed by atoms with van der Waals surface area (Å²) < 4.78 is 29.5. The predicted molar refractivity (Wildman–Crippen MR) is 49.5 cm³/mol. The van der Waals surface area contributed by atoms with Crippen LogP contribution in [0.3, 0.4) is 0 Å². The van der Waals surface area contributed by atoms with Crippen LogP contribution in [0.4, 0.5) is 0 Å². The molecule has 7 heteroatoms. The topological polar surface area (TPSA) is 57.2 Å². The SMILES string of the molecule is O=S(=O)([O-])C(Cl)(Cl)c1ccccc1.[Na+]. The molecule has 0 heterocycles. The van der Waals surface area contributed by atoms with E-state index < -0.39 is 13.8 Å². The number of alkyl halides is 2. The number of hydrogen-bond donors (Lipinski definition) is 0. The monoisotopic (exact) mass is 262 g/mol. The largest absolute Gasteiger partial charge is 1.00 e. The van der Waals surface area contributed by atoms with Gasteiger partial charge in [-0.25, -0.2) is 8.42 Å². The first kappa shape index (κ1) is 14.7. The molecule has 0 spiro atoms. The summed E-state index contributed by atoms with van der Waals surface area (Å²) in [4.78, 5) is 0. The molecule has 0 aliphatic rings. The van der Waals surface area contributed by atoms with E-state index in [4.69, 9.17) is 23.2 Å². The molecule has 1 aromatic rings. The molecular weight excluding hydrogens is 258 g/mol. The van der Waals surface area contributed by atoms with E-state index in [1.54, 1.807) is 18.2 Å². The Balaban J connectivity index is 0.00000169.